The molecule has 0 unspecified atom stereocenters. The summed E-state index contributed by atoms with van der Waals surface area (Å²) >= 11 is 0. The lowest BCUT2D eigenvalue weighted by atomic mass is 9.86. The van der Waals surface area contributed by atoms with Crippen molar-refractivity contribution in [3.8, 4) is 5.75 Å². The molecule has 0 bridgehead atoms. The lowest BCUT2D eigenvalue weighted by molar-refractivity contribution is 0.246. The second-order valence-electron chi connectivity index (χ2n) is 6.91. The second kappa shape index (κ2) is 5.97. The molecular formula is C16H25NO3S. The van der Waals surface area contributed by atoms with Crippen LogP contribution in [-0.2, 0) is 15.4 Å². The van der Waals surface area contributed by atoms with E-state index in [4.69, 9.17) is 9.88 Å². The molecule has 1 fully saturated rings. The fraction of sp³-hybridized carbons (Fsp3) is 0.625. The Hall–Kier alpha value is -1.07. The normalized spacial score (nSPS) is 17.1. The first kappa shape index (κ1) is 16.3. The largest absolute Gasteiger partial charge is 0.493 e. The summed E-state index contributed by atoms with van der Waals surface area (Å²) in [6.45, 7) is 6.82. The quantitative estimate of drug-likeness (QED) is 0.928. The third kappa shape index (κ3) is 4.20. The molecule has 1 aliphatic carbocycles. The molecule has 0 aliphatic heterocycles. The Bertz CT molecular complexity index is 596. The van der Waals surface area contributed by atoms with Gasteiger partial charge in [-0.3, -0.25) is 0 Å². The molecule has 0 atom stereocenters. The molecule has 4 nitrogen and oxygen atoms in total. The van der Waals surface area contributed by atoms with E-state index in [2.05, 4.69) is 0 Å². The van der Waals surface area contributed by atoms with Crippen molar-refractivity contribution in [2.75, 3.05) is 6.61 Å². The van der Waals surface area contributed by atoms with Crippen LogP contribution in [0.25, 0.3) is 0 Å². The number of primary sulfonamides is 1. The number of hydrogen-bond donors (Lipinski definition) is 1. The molecule has 118 valence electrons. The highest BCUT2D eigenvalue weighted by molar-refractivity contribution is 7.89. The third-order valence-electron chi connectivity index (χ3n) is 4.04. The molecule has 1 aromatic rings. The number of nitrogens with two attached hydrogens (primary N) is 1. The first-order valence-electron chi connectivity index (χ1n) is 7.48. The van der Waals surface area contributed by atoms with Crippen LogP contribution in [0, 0.1) is 5.92 Å². The Morgan fingerprint density at radius 2 is 1.86 bits per heavy atom. The van der Waals surface area contributed by atoms with Gasteiger partial charge in [0.05, 0.1) is 11.5 Å². The summed E-state index contributed by atoms with van der Waals surface area (Å²) in [5, 5.41) is 5.22. The van der Waals surface area contributed by atoms with Crippen LogP contribution in [-0.4, -0.2) is 15.0 Å². The SMILES string of the molecule is CC(C)(C)c1cc(S(N)(=O)=O)ccc1OCC1CCCC1. The molecule has 2 N–H and O–H groups in total. The summed E-state index contributed by atoms with van der Waals surface area (Å²) < 4.78 is 29.0. The molecule has 1 aromatic carbocycles. The first-order valence-corrected chi connectivity index (χ1v) is 9.03. The maximum absolute atomic E-state index is 11.5. The molecule has 0 saturated heterocycles. The number of benzene rings is 1. The van der Waals surface area contributed by atoms with Gasteiger partial charge in [0.2, 0.25) is 10.0 Å². The number of sulfonamides is 1. The van der Waals surface area contributed by atoms with Crippen LogP contribution in [0.3, 0.4) is 0 Å². The predicted octanol–water partition coefficient (Wildman–Crippen LogP) is 3.20. The van der Waals surface area contributed by atoms with Crippen LogP contribution in [0.1, 0.15) is 52.0 Å². The van der Waals surface area contributed by atoms with E-state index in [1.54, 1.807) is 12.1 Å². The van der Waals surface area contributed by atoms with E-state index < -0.39 is 10.0 Å². The molecule has 0 radical (unpaired) electrons. The molecular weight excluding hydrogens is 286 g/mol. The van der Waals surface area contributed by atoms with Gasteiger partial charge in [-0.1, -0.05) is 33.6 Å². The van der Waals surface area contributed by atoms with Gasteiger partial charge >= 0.3 is 0 Å². The van der Waals surface area contributed by atoms with E-state index in [0.29, 0.717) is 12.5 Å². The summed E-state index contributed by atoms with van der Waals surface area (Å²) in [7, 11) is -3.69. The Labute approximate surface area is 127 Å². The number of rotatable bonds is 4. The number of hydrogen-bond acceptors (Lipinski definition) is 3. The smallest absolute Gasteiger partial charge is 0.238 e. The highest BCUT2D eigenvalue weighted by Crippen LogP contribution is 2.34. The molecule has 2 rings (SSSR count). The topological polar surface area (TPSA) is 69.4 Å². The van der Waals surface area contributed by atoms with Crippen LogP contribution >= 0.6 is 0 Å². The summed E-state index contributed by atoms with van der Waals surface area (Å²) in [4.78, 5) is 0.139. The van der Waals surface area contributed by atoms with E-state index in [9.17, 15) is 8.42 Å². The molecule has 1 aliphatic rings. The van der Waals surface area contributed by atoms with Gasteiger partial charge in [0, 0.05) is 5.56 Å². The second-order valence-corrected chi connectivity index (χ2v) is 8.48. The van der Waals surface area contributed by atoms with Crippen molar-refractivity contribution < 1.29 is 13.2 Å². The molecule has 0 heterocycles. The first-order chi connectivity index (χ1) is 9.68. The van der Waals surface area contributed by atoms with Gasteiger partial charge in [0.25, 0.3) is 0 Å². The highest BCUT2D eigenvalue weighted by Gasteiger charge is 2.23. The van der Waals surface area contributed by atoms with Gasteiger partial charge in [-0.2, -0.15) is 0 Å². The Morgan fingerprint density at radius 1 is 1.24 bits per heavy atom. The zero-order chi connectivity index (χ0) is 15.7. The Balaban J connectivity index is 2.27. The lowest BCUT2D eigenvalue weighted by Crippen LogP contribution is -2.18. The summed E-state index contributed by atoms with van der Waals surface area (Å²) in [6.07, 6.45) is 5.01. The van der Waals surface area contributed by atoms with Crippen LogP contribution in [0.4, 0.5) is 0 Å². The van der Waals surface area contributed by atoms with Gasteiger partial charge in [-0.15, -0.1) is 0 Å². The standard InChI is InChI=1S/C16H25NO3S/c1-16(2,3)14-10-13(21(17,18)19)8-9-15(14)20-11-12-6-4-5-7-12/h8-10,12H,4-7,11H2,1-3H3,(H2,17,18,19). The van der Waals surface area contributed by atoms with Gasteiger partial charge in [0.1, 0.15) is 5.75 Å². The summed E-state index contributed by atoms with van der Waals surface area (Å²) in [5.41, 5.74) is 0.679. The summed E-state index contributed by atoms with van der Waals surface area (Å²) in [6, 6.07) is 4.89. The van der Waals surface area contributed by atoms with Crippen molar-refractivity contribution in [2.45, 2.75) is 56.8 Å². The van der Waals surface area contributed by atoms with E-state index in [-0.39, 0.29) is 10.3 Å². The van der Waals surface area contributed by atoms with Gasteiger partial charge < -0.3 is 4.74 Å². The van der Waals surface area contributed by atoms with Crippen molar-refractivity contribution in [3.05, 3.63) is 23.8 Å². The van der Waals surface area contributed by atoms with Crippen molar-refractivity contribution in [2.24, 2.45) is 11.1 Å². The maximum atomic E-state index is 11.5. The zero-order valence-electron chi connectivity index (χ0n) is 13.1. The highest BCUT2D eigenvalue weighted by atomic mass is 32.2. The van der Waals surface area contributed by atoms with Crippen molar-refractivity contribution in [1.82, 2.24) is 0 Å². The number of ether oxygens (including phenoxy) is 1. The minimum Gasteiger partial charge on any atom is -0.493 e. The van der Waals surface area contributed by atoms with E-state index >= 15 is 0 Å². The zero-order valence-corrected chi connectivity index (χ0v) is 13.9. The van der Waals surface area contributed by atoms with Crippen LogP contribution in [0.15, 0.2) is 23.1 Å². The molecule has 5 heteroatoms. The van der Waals surface area contributed by atoms with Gasteiger partial charge in [0.15, 0.2) is 0 Å². The predicted molar refractivity (Wildman–Crippen MR) is 84.0 cm³/mol. The van der Waals surface area contributed by atoms with E-state index in [1.165, 1.54) is 31.7 Å². The van der Waals surface area contributed by atoms with Crippen LogP contribution in [0.5, 0.6) is 5.75 Å². The molecule has 0 spiro atoms. The summed E-state index contributed by atoms with van der Waals surface area (Å²) in [5.74, 6) is 1.39. The fourth-order valence-electron chi connectivity index (χ4n) is 2.78. The Morgan fingerprint density at radius 3 is 2.38 bits per heavy atom. The van der Waals surface area contributed by atoms with Crippen LogP contribution in [0.2, 0.25) is 0 Å². The van der Waals surface area contributed by atoms with Crippen molar-refractivity contribution in [1.29, 1.82) is 0 Å². The molecule has 21 heavy (non-hydrogen) atoms. The maximum Gasteiger partial charge on any atom is 0.238 e. The van der Waals surface area contributed by atoms with E-state index in [0.717, 1.165) is 11.3 Å². The van der Waals surface area contributed by atoms with E-state index in [1.807, 2.05) is 20.8 Å². The molecule has 0 amide bonds. The monoisotopic (exact) mass is 311 g/mol. The van der Waals surface area contributed by atoms with Gasteiger partial charge in [-0.25, -0.2) is 13.6 Å². The van der Waals surface area contributed by atoms with Crippen LogP contribution < -0.4 is 9.88 Å². The minimum absolute atomic E-state index is 0.139. The average Bonchev–Trinajstić information content (AvgIpc) is 2.87. The minimum atomic E-state index is -3.69. The Kier molecular flexibility index (Phi) is 4.63. The lowest BCUT2D eigenvalue weighted by Gasteiger charge is -2.24. The molecule has 1 saturated carbocycles. The average molecular weight is 311 g/mol. The molecule has 0 aromatic heterocycles. The third-order valence-corrected chi connectivity index (χ3v) is 4.95. The van der Waals surface area contributed by atoms with Crippen molar-refractivity contribution in [3.63, 3.8) is 0 Å². The van der Waals surface area contributed by atoms with Gasteiger partial charge in [-0.05, 0) is 42.4 Å². The fourth-order valence-corrected chi connectivity index (χ4v) is 3.32. The van der Waals surface area contributed by atoms with Crippen molar-refractivity contribution >= 4 is 10.0 Å².